The minimum absolute atomic E-state index is 0.0211. The van der Waals surface area contributed by atoms with E-state index in [0.29, 0.717) is 12.8 Å². The second-order valence-corrected chi connectivity index (χ2v) is 10.0. The molecule has 0 aromatic heterocycles. The van der Waals surface area contributed by atoms with Crippen LogP contribution in [0, 0.1) is 0 Å². The van der Waals surface area contributed by atoms with Crippen molar-refractivity contribution in [1.82, 2.24) is 5.32 Å². The molecule has 0 rings (SSSR count). The molecule has 0 radical (unpaired) electrons. The summed E-state index contributed by atoms with van der Waals surface area (Å²) < 4.78 is 5.81. The molecule has 206 valence electrons. The lowest BCUT2D eigenvalue weighted by Crippen LogP contribution is -2.28. The number of unbranched alkanes of at least 4 members (excludes halogenated alkanes) is 15. The Morgan fingerprint density at radius 3 is 1.60 bits per heavy atom. The van der Waals surface area contributed by atoms with Crippen LogP contribution in [0.1, 0.15) is 155 Å². The first-order valence-corrected chi connectivity index (χ1v) is 14.7. The molecule has 1 atom stereocenters. The number of aliphatic carboxylic acids is 1. The van der Waals surface area contributed by atoms with Crippen LogP contribution in [-0.4, -0.2) is 35.6 Å². The number of carbonyl (C=O) groups excluding carboxylic acids is 2. The zero-order valence-electron chi connectivity index (χ0n) is 22.9. The van der Waals surface area contributed by atoms with Gasteiger partial charge in [-0.2, -0.15) is 0 Å². The molecule has 0 saturated heterocycles. The van der Waals surface area contributed by atoms with Crippen LogP contribution < -0.4 is 5.32 Å². The topological polar surface area (TPSA) is 92.7 Å². The van der Waals surface area contributed by atoms with Crippen molar-refractivity contribution in [1.29, 1.82) is 0 Å². The smallest absolute Gasteiger partial charge is 0.322 e. The van der Waals surface area contributed by atoms with Gasteiger partial charge in [0.1, 0.15) is 12.6 Å². The number of hydrogen-bond acceptors (Lipinski definition) is 4. The largest absolute Gasteiger partial charge is 0.480 e. The molecule has 2 N–H and O–H groups in total. The molecule has 0 aliphatic rings. The van der Waals surface area contributed by atoms with Gasteiger partial charge < -0.3 is 15.2 Å². The standard InChI is InChI=1S/C29H55NO5/c1-3-5-7-8-9-10-11-12-13-14-15-20-24-29(34)35-26(21-17-6-4-2)22-18-16-19-23-27(31)30-25-28(32)33/h26H,3-25H2,1-2H3,(H,30,31)(H,32,33). The van der Waals surface area contributed by atoms with E-state index in [1.165, 1.54) is 64.2 Å². The fourth-order valence-corrected chi connectivity index (χ4v) is 4.34. The molecule has 0 bridgehead atoms. The Kier molecular flexibility index (Phi) is 24.3. The van der Waals surface area contributed by atoms with E-state index in [1.807, 2.05) is 0 Å². The Labute approximate surface area is 215 Å². The van der Waals surface area contributed by atoms with Gasteiger partial charge in [-0.15, -0.1) is 0 Å². The molecule has 6 nitrogen and oxygen atoms in total. The lowest BCUT2D eigenvalue weighted by Gasteiger charge is -2.18. The van der Waals surface area contributed by atoms with E-state index < -0.39 is 5.97 Å². The second kappa shape index (κ2) is 25.5. The highest BCUT2D eigenvalue weighted by Gasteiger charge is 2.14. The van der Waals surface area contributed by atoms with Crippen molar-refractivity contribution in [3.05, 3.63) is 0 Å². The van der Waals surface area contributed by atoms with E-state index in [4.69, 9.17) is 9.84 Å². The van der Waals surface area contributed by atoms with Crippen molar-refractivity contribution in [3.8, 4) is 0 Å². The van der Waals surface area contributed by atoms with E-state index in [-0.39, 0.29) is 24.5 Å². The van der Waals surface area contributed by atoms with Crippen LogP contribution in [0.15, 0.2) is 0 Å². The van der Waals surface area contributed by atoms with Crippen molar-refractivity contribution >= 4 is 17.8 Å². The molecule has 35 heavy (non-hydrogen) atoms. The third-order valence-corrected chi connectivity index (χ3v) is 6.53. The molecule has 0 aliphatic carbocycles. The molecule has 0 fully saturated rings. The Morgan fingerprint density at radius 2 is 1.06 bits per heavy atom. The highest BCUT2D eigenvalue weighted by Crippen LogP contribution is 2.17. The lowest BCUT2D eigenvalue weighted by molar-refractivity contribution is -0.150. The maximum absolute atomic E-state index is 12.4. The third-order valence-electron chi connectivity index (χ3n) is 6.53. The van der Waals surface area contributed by atoms with Gasteiger partial charge in [-0.3, -0.25) is 14.4 Å². The van der Waals surface area contributed by atoms with Gasteiger partial charge in [-0.05, 0) is 38.5 Å². The number of carboxylic acid groups (broad SMARTS) is 1. The van der Waals surface area contributed by atoms with Crippen molar-refractivity contribution in [2.75, 3.05) is 6.54 Å². The van der Waals surface area contributed by atoms with Crippen molar-refractivity contribution < 1.29 is 24.2 Å². The summed E-state index contributed by atoms with van der Waals surface area (Å²) in [4.78, 5) is 34.4. The first-order valence-electron chi connectivity index (χ1n) is 14.7. The maximum Gasteiger partial charge on any atom is 0.322 e. The number of hydrogen-bond donors (Lipinski definition) is 2. The molecule has 1 amide bonds. The van der Waals surface area contributed by atoms with E-state index in [2.05, 4.69) is 19.2 Å². The van der Waals surface area contributed by atoms with E-state index in [0.717, 1.165) is 64.2 Å². The Bertz CT molecular complexity index is 523. The molecule has 0 spiro atoms. The Balaban J connectivity index is 3.86. The molecular weight excluding hydrogens is 442 g/mol. The first kappa shape index (κ1) is 33.4. The van der Waals surface area contributed by atoms with Gasteiger partial charge in [-0.25, -0.2) is 0 Å². The van der Waals surface area contributed by atoms with Crippen LogP contribution in [0.4, 0.5) is 0 Å². The summed E-state index contributed by atoms with van der Waals surface area (Å²) in [6, 6.07) is 0. The number of amides is 1. The molecule has 0 aromatic carbocycles. The Hall–Kier alpha value is -1.59. The van der Waals surface area contributed by atoms with Gasteiger partial charge >= 0.3 is 11.9 Å². The van der Waals surface area contributed by atoms with Gasteiger partial charge in [0.15, 0.2) is 0 Å². The van der Waals surface area contributed by atoms with Crippen LogP contribution in [0.2, 0.25) is 0 Å². The van der Waals surface area contributed by atoms with Crippen LogP contribution in [-0.2, 0) is 19.1 Å². The molecule has 0 aliphatic heterocycles. The summed E-state index contributed by atoms with van der Waals surface area (Å²) in [5, 5.41) is 11.0. The number of esters is 1. The van der Waals surface area contributed by atoms with Gasteiger partial charge in [0, 0.05) is 12.8 Å². The van der Waals surface area contributed by atoms with Gasteiger partial charge in [0.2, 0.25) is 5.91 Å². The van der Waals surface area contributed by atoms with Crippen LogP contribution in [0.3, 0.4) is 0 Å². The zero-order chi connectivity index (χ0) is 26.0. The molecule has 0 aromatic rings. The monoisotopic (exact) mass is 497 g/mol. The van der Waals surface area contributed by atoms with E-state index in [9.17, 15) is 14.4 Å². The minimum Gasteiger partial charge on any atom is -0.480 e. The van der Waals surface area contributed by atoms with E-state index in [1.54, 1.807) is 0 Å². The first-order chi connectivity index (χ1) is 17.0. The average molecular weight is 498 g/mol. The predicted octanol–water partition coefficient (Wildman–Crippen LogP) is 7.72. The van der Waals surface area contributed by atoms with Crippen molar-refractivity contribution in [2.24, 2.45) is 0 Å². The van der Waals surface area contributed by atoms with Gasteiger partial charge in [0.25, 0.3) is 0 Å². The summed E-state index contributed by atoms with van der Waals surface area (Å²) in [6.45, 7) is 4.10. The summed E-state index contributed by atoms with van der Waals surface area (Å²) in [5.74, 6) is -1.31. The highest BCUT2D eigenvalue weighted by atomic mass is 16.5. The van der Waals surface area contributed by atoms with Crippen LogP contribution in [0.25, 0.3) is 0 Å². The molecule has 0 saturated carbocycles. The van der Waals surface area contributed by atoms with Crippen molar-refractivity contribution in [2.45, 2.75) is 161 Å². The van der Waals surface area contributed by atoms with Crippen molar-refractivity contribution in [3.63, 3.8) is 0 Å². The number of carbonyl (C=O) groups is 3. The maximum atomic E-state index is 12.4. The minimum atomic E-state index is -1.03. The fraction of sp³-hybridized carbons (Fsp3) is 0.897. The third kappa shape index (κ3) is 25.3. The highest BCUT2D eigenvalue weighted by molar-refractivity contribution is 5.80. The Morgan fingerprint density at radius 1 is 0.629 bits per heavy atom. The number of ether oxygens (including phenoxy) is 1. The molecule has 6 heteroatoms. The molecule has 1 unspecified atom stereocenters. The zero-order valence-corrected chi connectivity index (χ0v) is 22.9. The van der Waals surface area contributed by atoms with Gasteiger partial charge in [-0.1, -0.05) is 104 Å². The molecule has 0 heterocycles. The average Bonchev–Trinajstić information content (AvgIpc) is 2.83. The van der Waals surface area contributed by atoms with Crippen LogP contribution >= 0.6 is 0 Å². The number of carboxylic acids is 1. The summed E-state index contributed by atoms with van der Waals surface area (Å²) in [6.07, 6.45) is 23.9. The second-order valence-electron chi connectivity index (χ2n) is 10.0. The quantitative estimate of drug-likeness (QED) is 0.0942. The van der Waals surface area contributed by atoms with E-state index >= 15 is 0 Å². The number of nitrogens with one attached hydrogen (secondary N) is 1. The number of rotatable bonds is 26. The van der Waals surface area contributed by atoms with Gasteiger partial charge in [0.05, 0.1) is 0 Å². The summed E-state index contributed by atoms with van der Waals surface area (Å²) in [7, 11) is 0. The lowest BCUT2D eigenvalue weighted by atomic mass is 10.0. The fourth-order valence-electron chi connectivity index (χ4n) is 4.34. The normalized spacial score (nSPS) is 11.8. The summed E-state index contributed by atoms with van der Waals surface area (Å²) in [5.41, 5.74) is 0. The summed E-state index contributed by atoms with van der Waals surface area (Å²) >= 11 is 0. The predicted molar refractivity (Wildman–Crippen MR) is 143 cm³/mol. The SMILES string of the molecule is CCCCCCCCCCCCCCC(=O)OC(CCCCC)CCCCCC(=O)NCC(=O)O. The molecular formula is C29H55NO5. The van der Waals surface area contributed by atoms with Crippen LogP contribution in [0.5, 0.6) is 0 Å².